The monoisotopic (exact) mass is 434 g/mol. The zero-order valence-corrected chi connectivity index (χ0v) is 17.2. The molecule has 2 aromatic heterocycles. The van der Waals surface area contributed by atoms with Crippen LogP contribution >= 0.6 is 0 Å². The number of nitrogens with zero attached hydrogens (tertiary/aromatic N) is 5. The highest BCUT2D eigenvalue weighted by Crippen LogP contribution is 2.19. The molecule has 10 heteroatoms. The third-order valence-electron chi connectivity index (χ3n) is 5.06. The molecule has 0 saturated carbocycles. The first kappa shape index (κ1) is 19.2. The Morgan fingerprint density at radius 2 is 2.00 bits per heavy atom. The standard InChI is InChI=1S/C21H18N6O3S/c28-21(16-4-3-9-26-10-11-31(29,30)25-20(16)26)23-13-15-7-8-19(22-12-15)27-14-24-17-5-1-2-6-18(17)27/h1-9,12,14H,10-11,13H2,(H,23,28). The molecule has 1 aromatic carbocycles. The summed E-state index contributed by atoms with van der Waals surface area (Å²) in [6.45, 7) is 0.522. The maximum atomic E-state index is 12.7. The van der Waals surface area contributed by atoms with E-state index < -0.39 is 15.9 Å². The van der Waals surface area contributed by atoms with Crippen molar-refractivity contribution >= 4 is 32.8 Å². The number of hydrogen-bond donors (Lipinski definition) is 1. The minimum absolute atomic E-state index is 0.0695. The van der Waals surface area contributed by atoms with E-state index in [1.807, 2.05) is 41.0 Å². The lowest BCUT2D eigenvalue weighted by Crippen LogP contribution is -2.42. The Morgan fingerprint density at radius 1 is 1.13 bits per heavy atom. The summed E-state index contributed by atoms with van der Waals surface area (Å²) in [5, 5.41) is 2.81. The van der Waals surface area contributed by atoms with Crippen LogP contribution in [0.4, 0.5) is 0 Å². The first-order chi connectivity index (χ1) is 15.0. The Hall–Kier alpha value is -3.79. The van der Waals surface area contributed by atoms with Gasteiger partial charge in [0.15, 0.2) is 5.84 Å². The number of hydrogen-bond acceptors (Lipinski definition) is 6. The fourth-order valence-corrected chi connectivity index (χ4v) is 4.46. The number of sulfonamides is 1. The number of pyridine rings is 1. The van der Waals surface area contributed by atoms with Crippen LogP contribution in [0.25, 0.3) is 16.9 Å². The third kappa shape index (κ3) is 3.73. The number of allylic oxidation sites excluding steroid dienone is 2. The van der Waals surface area contributed by atoms with Gasteiger partial charge < -0.3 is 10.2 Å². The van der Waals surface area contributed by atoms with Gasteiger partial charge in [-0.25, -0.2) is 18.4 Å². The molecular formula is C21H18N6O3S. The van der Waals surface area contributed by atoms with Gasteiger partial charge in [0, 0.05) is 25.5 Å². The van der Waals surface area contributed by atoms with Crippen molar-refractivity contribution in [2.24, 2.45) is 4.40 Å². The van der Waals surface area contributed by atoms with Gasteiger partial charge in [-0.2, -0.15) is 0 Å². The van der Waals surface area contributed by atoms with E-state index in [2.05, 4.69) is 19.7 Å². The van der Waals surface area contributed by atoms with Gasteiger partial charge in [0.2, 0.25) is 0 Å². The number of aromatic nitrogens is 3. The van der Waals surface area contributed by atoms with Crippen molar-refractivity contribution in [1.82, 2.24) is 24.8 Å². The number of amides is 1. The molecule has 0 saturated heterocycles. The molecule has 0 atom stereocenters. The molecule has 0 fully saturated rings. The Balaban J connectivity index is 1.30. The fraction of sp³-hybridized carbons (Fsp3) is 0.143. The van der Waals surface area contributed by atoms with Crippen molar-refractivity contribution in [3.05, 3.63) is 78.4 Å². The molecule has 0 bridgehead atoms. The summed E-state index contributed by atoms with van der Waals surface area (Å²) in [6, 6.07) is 11.5. The van der Waals surface area contributed by atoms with Crippen LogP contribution in [0.1, 0.15) is 5.56 Å². The minimum atomic E-state index is -3.55. The summed E-state index contributed by atoms with van der Waals surface area (Å²) < 4.78 is 29.4. The molecule has 9 nitrogen and oxygen atoms in total. The van der Waals surface area contributed by atoms with Crippen molar-refractivity contribution in [2.45, 2.75) is 6.54 Å². The molecule has 1 N–H and O–H groups in total. The largest absolute Gasteiger partial charge is 0.348 e. The van der Waals surface area contributed by atoms with Crippen LogP contribution in [0.5, 0.6) is 0 Å². The van der Waals surface area contributed by atoms with Gasteiger partial charge in [-0.1, -0.05) is 18.2 Å². The molecule has 156 valence electrons. The quantitative estimate of drug-likeness (QED) is 0.667. The van der Waals surface area contributed by atoms with Gasteiger partial charge in [0.1, 0.15) is 12.1 Å². The van der Waals surface area contributed by atoms with Crippen molar-refractivity contribution in [3.8, 4) is 5.82 Å². The van der Waals surface area contributed by atoms with E-state index in [1.54, 1.807) is 35.8 Å². The van der Waals surface area contributed by atoms with Gasteiger partial charge in [-0.3, -0.25) is 9.36 Å². The molecule has 0 aliphatic carbocycles. The summed E-state index contributed by atoms with van der Waals surface area (Å²) in [4.78, 5) is 23.2. The van der Waals surface area contributed by atoms with E-state index in [0.717, 1.165) is 22.4 Å². The first-order valence-electron chi connectivity index (χ1n) is 9.64. The van der Waals surface area contributed by atoms with E-state index in [0.29, 0.717) is 0 Å². The van der Waals surface area contributed by atoms with Crippen molar-refractivity contribution in [3.63, 3.8) is 0 Å². The summed E-state index contributed by atoms with van der Waals surface area (Å²) >= 11 is 0. The molecule has 31 heavy (non-hydrogen) atoms. The van der Waals surface area contributed by atoms with E-state index >= 15 is 0 Å². The predicted octanol–water partition coefficient (Wildman–Crippen LogP) is 1.53. The van der Waals surface area contributed by atoms with Gasteiger partial charge >= 0.3 is 0 Å². The number of rotatable bonds is 4. The smallest absolute Gasteiger partial charge is 0.256 e. The summed E-state index contributed by atoms with van der Waals surface area (Å²) in [7, 11) is -3.55. The molecule has 4 heterocycles. The van der Waals surface area contributed by atoms with E-state index in [1.165, 1.54) is 0 Å². The Kier molecular flexibility index (Phi) is 4.63. The second-order valence-corrected chi connectivity index (χ2v) is 8.88. The highest BCUT2D eigenvalue weighted by Gasteiger charge is 2.29. The van der Waals surface area contributed by atoms with Gasteiger partial charge in [-0.15, -0.1) is 4.40 Å². The van der Waals surface area contributed by atoms with Crippen molar-refractivity contribution in [1.29, 1.82) is 0 Å². The van der Waals surface area contributed by atoms with Crippen LogP contribution in [-0.4, -0.2) is 51.9 Å². The molecule has 0 unspecified atom stereocenters. The lowest BCUT2D eigenvalue weighted by molar-refractivity contribution is -0.117. The minimum Gasteiger partial charge on any atom is -0.348 e. The number of fused-ring (bicyclic) bond motifs is 2. The summed E-state index contributed by atoms with van der Waals surface area (Å²) in [5.41, 5.74) is 2.88. The van der Waals surface area contributed by atoms with Crippen LogP contribution in [0.3, 0.4) is 0 Å². The van der Waals surface area contributed by atoms with Crippen LogP contribution in [0.2, 0.25) is 0 Å². The van der Waals surface area contributed by atoms with Crippen molar-refractivity contribution < 1.29 is 13.2 Å². The van der Waals surface area contributed by atoms with Gasteiger partial charge in [0.25, 0.3) is 15.9 Å². The Morgan fingerprint density at radius 3 is 2.84 bits per heavy atom. The molecule has 2 aliphatic rings. The number of nitrogens with one attached hydrogen (secondary N) is 1. The number of benzene rings is 1. The number of carbonyl (C=O) groups excluding carboxylic acids is 1. The highest BCUT2D eigenvalue weighted by atomic mass is 32.2. The number of imidazole rings is 1. The number of amidine groups is 1. The predicted molar refractivity (Wildman–Crippen MR) is 116 cm³/mol. The van der Waals surface area contributed by atoms with Gasteiger partial charge in [-0.05, 0) is 35.9 Å². The SMILES string of the molecule is O=C(NCc1ccc(-n2cnc3ccccc32)nc1)C1=CC=CN2CCS(=O)(=O)N=C12. The third-order valence-corrected chi connectivity index (χ3v) is 6.21. The van der Waals surface area contributed by atoms with E-state index in [4.69, 9.17) is 0 Å². The van der Waals surface area contributed by atoms with E-state index in [-0.39, 0.29) is 30.3 Å². The molecule has 5 rings (SSSR count). The van der Waals surface area contributed by atoms with Crippen LogP contribution in [0.15, 0.2) is 77.2 Å². The maximum Gasteiger partial charge on any atom is 0.256 e. The lowest BCUT2D eigenvalue weighted by Gasteiger charge is -2.28. The van der Waals surface area contributed by atoms with Crippen LogP contribution < -0.4 is 5.32 Å². The zero-order valence-electron chi connectivity index (χ0n) is 16.3. The summed E-state index contributed by atoms with van der Waals surface area (Å²) in [6.07, 6.45) is 8.40. The normalized spacial score (nSPS) is 17.1. The topological polar surface area (TPSA) is 110 Å². The first-order valence-corrected chi connectivity index (χ1v) is 11.2. The Labute approximate surface area is 178 Å². The van der Waals surface area contributed by atoms with E-state index in [9.17, 15) is 13.2 Å². The number of carbonyl (C=O) groups is 1. The lowest BCUT2D eigenvalue weighted by atomic mass is 10.1. The fourth-order valence-electron chi connectivity index (χ4n) is 3.48. The van der Waals surface area contributed by atoms with Crippen molar-refractivity contribution in [2.75, 3.05) is 12.3 Å². The average Bonchev–Trinajstić information content (AvgIpc) is 3.21. The zero-order chi connectivity index (χ0) is 21.4. The molecule has 1 amide bonds. The molecule has 2 aliphatic heterocycles. The Bertz CT molecular complexity index is 1370. The highest BCUT2D eigenvalue weighted by molar-refractivity contribution is 7.90. The molecule has 3 aromatic rings. The summed E-state index contributed by atoms with van der Waals surface area (Å²) in [5.74, 6) is 0.419. The number of para-hydroxylation sites is 2. The molecule has 0 radical (unpaired) electrons. The van der Waals surface area contributed by atoms with Crippen LogP contribution in [-0.2, 0) is 21.4 Å². The molecule has 0 spiro atoms. The second kappa shape index (κ2) is 7.47. The average molecular weight is 434 g/mol. The second-order valence-electron chi connectivity index (χ2n) is 7.13. The van der Waals surface area contributed by atoms with Gasteiger partial charge in [0.05, 0.1) is 22.4 Å². The maximum absolute atomic E-state index is 12.7. The molecular weight excluding hydrogens is 416 g/mol. The van der Waals surface area contributed by atoms with Crippen LogP contribution in [0, 0.1) is 0 Å².